The van der Waals surface area contributed by atoms with Gasteiger partial charge in [-0.25, -0.2) is 0 Å². The summed E-state index contributed by atoms with van der Waals surface area (Å²) in [5.41, 5.74) is 9.32. The smallest absolute Gasteiger partial charge is 0.0889 e. The Morgan fingerprint density at radius 1 is 1.13 bits per heavy atom. The Balaban J connectivity index is 1.99. The zero-order chi connectivity index (χ0) is 10.3. The van der Waals surface area contributed by atoms with Crippen molar-refractivity contribution in [3.8, 4) is 0 Å². The van der Waals surface area contributed by atoms with Crippen LogP contribution in [0.4, 0.5) is 0 Å². The molecule has 0 atom stereocenters. The van der Waals surface area contributed by atoms with Gasteiger partial charge in [0, 0.05) is 17.9 Å². The molecule has 76 valence electrons. The van der Waals surface area contributed by atoms with Crippen LogP contribution in [-0.4, -0.2) is 15.5 Å². The zero-order valence-electron chi connectivity index (χ0n) is 8.48. The summed E-state index contributed by atoms with van der Waals surface area (Å²) in [6, 6.07) is 6.21. The van der Waals surface area contributed by atoms with Crippen molar-refractivity contribution in [3.63, 3.8) is 0 Å². The van der Waals surface area contributed by atoms with Gasteiger partial charge < -0.3 is 5.73 Å². The van der Waals surface area contributed by atoms with Gasteiger partial charge in [0.2, 0.25) is 0 Å². The van der Waals surface area contributed by atoms with E-state index in [9.17, 15) is 0 Å². The van der Waals surface area contributed by atoms with Gasteiger partial charge in [-0.3, -0.25) is 9.97 Å². The molecule has 1 aliphatic rings. The molecule has 0 unspecified atom stereocenters. The topological polar surface area (TPSA) is 51.8 Å². The number of nitrogens with zero attached hydrogens (tertiary/aromatic N) is 2. The minimum absolute atomic E-state index is 0.0654. The summed E-state index contributed by atoms with van der Waals surface area (Å²) in [5.74, 6) is 0. The van der Waals surface area contributed by atoms with Crippen molar-refractivity contribution in [1.82, 2.24) is 9.97 Å². The van der Waals surface area contributed by atoms with Crippen LogP contribution in [0.25, 0.3) is 11.0 Å². The lowest BCUT2D eigenvalue weighted by Crippen LogP contribution is -2.24. The summed E-state index contributed by atoms with van der Waals surface area (Å²) < 4.78 is 0. The molecule has 0 aliphatic heterocycles. The molecule has 0 radical (unpaired) electrons. The first-order chi connectivity index (χ1) is 7.25. The van der Waals surface area contributed by atoms with Crippen LogP contribution in [0.1, 0.15) is 18.4 Å². The third-order valence-corrected chi connectivity index (χ3v) is 2.98. The number of nitrogens with two attached hydrogens (primary N) is 1. The van der Waals surface area contributed by atoms with E-state index in [2.05, 4.69) is 22.1 Å². The van der Waals surface area contributed by atoms with E-state index >= 15 is 0 Å². The lowest BCUT2D eigenvalue weighted by Gasteiger charge is -2.08. The van der Waals surface area contributed by atoms with Crippen LogP contribution in [0.5, 0.6) is 0 Å². The molecular weight excluding hydrogens is 186 g/mol. The quantitative estimate of drug-likeness (QED) is 0.800. The molecule has 1 fully saturated rings. The van der Waals surface area contributed by atoms with E-state index in [0.29, 0.717) is 0 Å². The Bertz CT molecular complexity index is 503. The molecule has 1 aromatic carbocycles. The van der Waals surface area contributed by atoms with Gasteiger partial charge in [0.25, 0.3) is 0 Å². The Morgan fingerprint density at radius 2 is 1.87 bits per heavy atom. The summed E-state index contributed by atoms with van der Waals surface area (Å²) in [7, 11) is 0. The number of rotatable bonds is 2. The minimum Gasteiger partial charge on any atom is -0.325 e. The molecule has 0 amide bonds. The highest BCUT2D eigenvalue weighted by atomic mass is 14.8. The van der Waals surface area contributed by atoms with Gasteiger partial charge >= 0.3 is 0 Å². The molecule has 1 aromatic heterocycles. The van der Waals surface area contributed by atoms with Crippen molar-refractivity contribution in [2.75, 3.05) is 0 Å². The number of benzene rings is 1. The fraction of sp³-hybridized carbons (Fsp3) is 0.333. The van der Waals surface area contributed by atoms with Gasteiger partial charge in [-0.15, -0.1) is 0 Å². The minimum atomic E-state index is 0.0654. The Labute approximate surface area is 88.3 Å². The summed E-state index contributed by atoms with van der Waals surface area (Å²) in [6.45, 7) is 0. The average Bonchev–Trinajstić information content (AvgIpc) is 2.96. The molecule has 0 bridgehead atoms. The molecule has 3 nitrogen and oxygen atoms in total. The molecule has 2 N–H and O–H groups in total. The van der Waals surface area contributed by atoms with Gasteiger partial charge in [-0.05, 0) is 37.0 Å². The summed E-state index contributed by atoms with van der Waals surface area (Å²) in [6.07, 6.45) is 6.69. The van der Waals surface area contributed by atoms with Gasteiger partial charge in [0.15, 0.2) is 0 Å². The number of hydrogen-bond acceptors (Lipinski definition) is 3. The SMILES string of the molecule is NC1(Cc2ccc3nccnc3c2)CC1. The molecule has 1 aliphatic carbocycles. The lowest BCUT2D eigenvalue weighted by atomic mass is 10.0. The van der Waals surface area contributed by atoms with Crippen molar-refractivity contribution in [2.45, 2.75) is 24.8 Å². The van der Waals surface area contributed by atoms with Gasteiger partial charge in [-0.1, -0.05) is 6.07 Å². The second kappa shape index (κ2) is 3.00. The van der Waals surface area contributed by atoms with E-state index < -0.39 is 0 Å². The predicted molar refractivity (Wildman–Crippen MR) is 59.4 cm³/mol. The van der Waals surface area contributed by atoms with Crippen molar-refractivity contribution < 1.29 is 0 Å². The van der Waals surface area contributed by atoms with Crippen LogP contribution in [-0.2, 0) is 6.42 Å². The maximum atomic E-state index is 6.09. The van der Waals surface area contributed by atoms with Crippen LogP contribution in [0, 0.1) is 0 Å². The second-order valence-corrected chi connectivity index (χ2v) is 4.42. The Morgan fingerprint density at radius 3 is 2.60 bits per heavy atom. The summed E-state index contributed by atoms with van der Waals surface area (Å²) in [5, 5.41) is 0. The van der Waals surface area contributed by atoms with Crippen molar-refractivity contribution in [1.29, 1.82) is 0 Å². The van der Waals surface area contributed by atoms with Crippen molar-refractivity contribution >= 4 is 11.0 Å². The maximum Gasteiger partial charge on any atom is 0.0889 e. The number of aromatic nitrogens is 2. The third kappa shape index (κ3) is 1.70. The van der Waals surface area contributed by atoms with E-state index in [1.807, 2.05) is 6.07 Å². The van der Waals surface area contributed by atoms with E-state index in [4.69, 9.17) is 5.73 Å². The van der Waals surface area contributed by atoms with E-state index in [0.717, 1.165) is 30.3 Å². The molecule has 1 saturated carbocycles. The first-order valence-corrected chi connectivity index (χ1v) is 5.24. The largest absolute Gasteiger partial charge is 0.325 e. The fourth-order valence-electron chi connectivity index (χ4n) is 1.86. The molecule has 15 heavy (non-hydrogen) atoms. The van der Waals surface area contributed by atoms with Crippen LogP contribution in [0.3, 0.4) is 0 Å². The number of fused-ring (bicyclic) bond motifs is 1. The van der Waals surface area contributed by atoms with E-state index in [-0.39, 0.29) is 5.54 Å². The molecule has 2 aromatic rings. The normalized spacial score (nSPS) is 17.9. The average molecular weight is 199 g/mol. The lowest BCUT2D eigenvalue weighted by molar-refractivity contribution is 0.672. The van der Waals surface area contributed by atoms with Gasteiger partial charge in [-0.2, -0.15) is 0 Å². The molecule has 0 spiro atoms. The predicted octanol–water partition coefficient (Wildman–Crippen LogP) is 1.66. The van der Waals surface area contributed by atoms with E-state index in [1.165, 1.54) is 5.56 Å². The summed E-state index contributed by atoms with van der Waals surface area (Å²) in [4.78, 5) is 8.53. The first kappa shape index (κ1) is 8.80. The second-order valence-electron chi connectivity index (χ2n) is 4.42. The van der Waals surface area contributed by atoms with Crippen LogP contribution in [0.2, 0.25) is 0 Å². The molecule has 1 heterocycles. The Kier molecular flexibility index (Phi) is 1.76. The third-order valence-electron chi connectivity index (χ3n) is 2.98. The van der Waals surface area contributed by atoms with Gasteiger partial charge in [0.05, 0.1) is 11.0 Å². The highest BCUT2D eigenvalue weighted by Crippen LogP contribution is 2.35. The highest BCUT2D eigenvalue weighted by molar-refractivity contribution is 5.74. The fourth-order valence-corrected chi connectivity index (χ4v) is 1.86. The van der Waals surface area contributed by atoms with Gasteiger partial charge in [0.1, 0.15) is 0 Å². The molecular formula is C12H13N3. The van der Waals surface area contributed by atoms with Crippen LogP contribution >= 0.6 is 0 Å². The van der Waals surface area contributed by atoms with Crippen molar-refractivity contribution in [2.24, 2.45) is 5.73 Å². The van der Waals surface area contributed by atoms with Crippen LogP contribution < -0.4 is 5.73 Å². The monoisotopic (exact) mass is 199 g/mol. The maximum absolute atomic E-state index is 6.09. The van der Waals surface area contributed by atoms with Crippen LogP contribution in [0.15, 0.2) is 30.6 Å². The first-order valence-electron chi connectivity index (χ1n) is 5.24. The number of hydrogen-bond donors (Lipinski definition) is 1. The standard InChI is InChI=1S/C12H13N3/c13-12(3-4-12)8-9-1-2-10-11(7-9)15-6-5-14-10/h1-2,5-7H,3-4,8,13H2. The highest BCUT2D eigenvalue weighted by Gasteiger charge is 2.37. The van der Waals surface area contributed by atoms with E-state index in [1.54, 1.807) is 12.4 Å². The summed E-state index contributed by atoms with van der Waals surface area (Å²) >= 11 is 0. The molecule has 3 rings (SSSR count). The molecule has 3 heteroatoms. The molecule has 0 saturated heterocycles. The zero-order valence-corrected chi connectivity index (χ0v) is 8.48. The van der Waals surface area contributed by atoms with Crippen molar-refractivity contribution in [3.05, 3.63) is 36.2 Å². The Hall–Kier alpha value is -1.48.